The predicted octanol–water partition coefficient (Wildman–Crippen LogP) is 0.331. The largest absolute Gasteiger partial charge is 0.394 e. The molecule has 0 aromatic heterocycles. The van der Waals surface area contributed by atoms with Gasteiger partial charge in [0.2, 0.25) is 5.91 Å². The zero-order valence-electron chi connectivity index (χ0n) is 9.48. The van der Waals surface area contributed by atoms with Crippen LogP contribution in [0.3, 0.4) is 0 Å². The van der Waals surface area contributed by atoms with E-state index in [0.717, 1.165) is 13.1 Å². The highest BCUT2D eigenvalue weighted by Gasteiger charge is 2.09. The Labute approximate surface area is 95.7 Å². The van der Waals surface area contributed by atoms with Crippen molar-refractivity contribution in [2.75, 3.05) is 31.2 Å². The van der Waals surface area contributed by atoms with Crippen LogP contribution in [-0.2, 0) is 4.79 Å². The van der Waals surface area contributed by atoms with E-state index < -0.39 is 6.10 Å². The molecule has 0 saturated heterocycles. The zero-order valence-corrected chi connectivity index (χ0v) is 10.3. The van der Waals surface area contributed by atoms with Crippen LogP contribution in [0.1, 0.15) is 20.3 Å². The van der Waals surface area contributed by atoms with E-state index in [4.69, 9.17) is 10.2 Å². The molecular weight excluding hydrogens is 214 g/mol. The van der Waals surface area contributed by atoms with Gasteiger partial charge in [-0.25, -0.2) is 0 Å². The van der Waals surface area contributed by atoms with Gasteiger partial charge in [0, 0.05) is 31.0 Å². The Bertz CT molecular complexity index is 174. The molecule has 0 radical (unpaired) electrons. The van der Waals surface area contributed by atoms with Gasteiger partial charge in [-0.1, -0.05) is 0 Å². The van der Waals surface area contributed by atoms with E-state index in [-0.39, 0.29) is 12.5 Å². The van der Waals surface area contributed by atoms with Gasteiger partial charge in [-0.05, 0) is 13.8 Å². The second-order valence-electron chi connectivity index (χ2n) is 3.23. The third-order valence-electron chi connectivity index (χ3n) is 2.10. The van der Waals surface area contributed by atoms with E-state index in [1.807, 2.05) is 13.8 Å². The van der Waals surface area contributed by atoms with Crippen molar-refractivity contribution in [2.45, 2.75) is 26.4 Å². The summed E-state index contributed by atoms with van der Waals surface area (Å²) in [6.45, 7) is 5.21. The van der Waals surface area contributed by atoms with Crippen LogP contribution in [-0.4, -0.2) is 58.3 Å². The van der Waals surface area contributed by atoms with Gasteiger partial charge in [-0.15, -0.1) is 0 Å². The summed E-state index contributed by atoms with van der Waals surface area (Å²) in [7, 11) is 0. The normalized spacial score (nSPS) is 12.5. The van der Waals surface area contributed by atoms with Crippen molar-refractivity contribution < 1.29 is 15.0 Å². The number of aliphatic hydroxyl groups is 2. The molecule has 0 aliphatic carbocycles. The lowest BCUT2D eigenvalue weighted by atomic mass is 10.4. The number of carbonyl (C=O) groups excluding carboxylic acids is 1. The molecule has 0 aliphatic heterocycles. The highest BCUT2D eigenvalue weighted by atomic mass is 32.2. The molecular formula is C10H21NO3S. The number of hydrogen-bond donors (Lipinski definition) is 2. The Morgan fingerprint density at radius 2 is 2.00 bits per heavy atom. The molecule has 0 aromatic rings. The minimum atomic E-state index is -0.668. The number of hydrogen-bond acceptors (Lipinski definition) is 4. The van der Waals surface area contributed by atoms with Gasteiger partial charge in [0.25, 0.3) is 0 Å². The molecule has 0 fully saturated rings. The molecule has 0 aromatic carbocycles. The van der Waals surface area contributed by atoms with E-state index >= 15 is 0 Å². The van der Waals surface area contributed by atoms with Crippen molar-refractivity contribution in [3.63, 3.8) is 0 Å². The van der Waals surface area contributed by atoms with Crippen molar-refractivity contribution in [1.82, 2.24) is 4.90 Å². The smallest absolute Gasteiger partial charge is 0.223 e. The molecule has 1 atom stereocenters. The van der Waals surface area contributed by atoms with Crippen LogP contribution in [0.4, 0.5) is 0 Å². The number of carbonyl (C=O) groups is 1. The Morgan fingerprint density at radius 1 is 1.40 bits per heavy atom. The number of rotatable bonds is 8. The Kier molecular flexibility index (Phi) is 8.85. The number of amides is 1. The van der Waals surface area contributed by atoms with E-state index in [9.17, 15) is 4.79 Å². The van der Waals surface area contributed by atoms with Crippen molar-refractivity contribution >= 4 is 17.7 Å². The van der Waals surface area contributed by atoms with Crippen LogP contribution in [0.5, 0.6) is 0 Å². The third kappa shape index (κ3) is 6.76. The van der Waals surface area contributed by atoms with Gasteiger partial charge < -0.3 is 15.1 Å². The molecule has 4 nitrogen and oxygen atoms in total. The molecule has 5 heteroatoms. The molecule has 0 heterocycles. The molecule has 0 spiro atoms. The van der Waals surface area contributed by atoms with Crippen molar-refractivity contribution in [3.8, 4) is 0 Å². The minimum absolute atomic E-state index is 0.158. The number of nitrogens with zero attached hydrogens (tertiary/aromatic N) is 1. The molecule has 0 rings (SSSR count). The van der Waals surface area contributed by atoms with Gasteiger partial charge in [0.05, 0.1) is 12.7 Å². The number of aliphatic hydroxyl groups excluding tert-OH is 2. The summed E-state index contributed by atoms with van der Waals surface area (Å²) in [5.41, 5.74) is 0. The Hall–Kier alpha value is -0.260. The maximum absolute atomic E-state index is 11.5. The van der Waals surface area contributed by atoms with Crippen molar-refractivity contribution in [2.24, 2.45) is 0 Å². The second kappa shape index (κ2) is 9.00. The fraction of sp³-hybridized carbons (Fsp3) is 0.900. The summed E-state index contributed by atoms with van der Waals surface area (Å²) < 4.78 is 0. The lowest BCUT2D eigenvalue weighted by Gasteiger charge is -2.18. The number of thioether (sulfide) groups is 1. The first-order chi connectivity index (χ1) is 7.15. The minimum Gasteiger partial charge on any atom is -0.394 e. The lowest BCUT2D eigenvalue weighted by Crippen LogP contribution is -2.30. The standard InChI is InChI=1S/C10H21NO3S/c1-3-11(4-2)10(14)5-6-15-8-9(13)7-12/h9,12-13H,3-8H2,1-2H3. The van der Waals surface area contributed by atoms with Crippen LogP contribution < -0.4 is 0 Å². The summed E-state index contributed by atoms with van der Waals surface area (Å²) in [6.07, 6.45) is -0.164. The summed E-state index contributed by atoms with van der Waals surface area (Å²) in [5.74, 6) is 1.35. The predicted molar refractivity (Wildman–Crippen MR) is 63.0 cm³/mol. The lowest BCUT2D eigenvalue weighted by molar-refractivity contribution is -0.130. The van der Waals surface area contributed by atoms with Crippen LogP contribution in [0.25, 0.3) is 0 Å². The maximum Gasteiger partial charge on any atom is 0.223 e. The fourth-order valence-corrected chi connectivity index (χ4v) is 2.03. The zero-order chi connectivity index (χ0) is 11.7. The molecule has 90 valence electrons. The summed E-state index contributed by atoms with van der Waals surface area (Å²) >= 11 is 1.50. The Balaban J connectivity index is 3.54. The molecule has 15 heavy (non-hydrogen) atoms. The summed E-state index contributed by atoms with van der Waals surface area (Å²) in [6, 6.07) is 0. The fourth-order valence-electron chi connectivity index (χ4n) is 1.17. The highest BCUT2D eigenvalue weighted by Crippen LogP contribution is 2.06. The first-order valence-corrected chi connectivity index (χ1v) is 6.45. The molecule has 1 unspecified atom stereocenters. The first-order valence-electron chi connectivity index (χ1n) is 5.30. The maximum atomic E-state index is 11.5. The van der Waals surface area contributed by atoms with E-state index in [1.54, 1.807) is 4.90 Å². The van der Waals surface area contributed by atoms with Crippen molar-refractivity contribution in [3.05, 3.63) is 0 Å². The summed E-state index contributed by atoms with van der Waals surface area (Å²) in [4.78, 5) is 13.3. The van der Waals surface area contributed by atoms with Crippen molar-refractivity contribution in [1.29, 1.82) is 0 Å². The highest BCUT2D eigenvalue weighted by molar-refractivity contribution is 7.99. The topological polar surface area (TPSA) is 60.8 Å². The van der Waals surface area contributed by atoms with E-state index in [1.165, 1.54) is 11.8 Å². The van der Waals surface area contributed by atoms with Crippen LogP contribution >= 0.6 is 11.8 Å². The monoisotopic (exact) mass is 235 g/mol. The second-order valence-corrected chi connectivity index (χ2v) is 4.38. The van der Waals surface area contributed by atoms with Gasteiger partial charge in [0.15, 0.2) is 0 Å². The summed E-state index contributed by atoms with van der Waals surface area (Å²) in [5, 5.41) is 17.6. The Morgan fingerprint density at radius 3 is 2.47 bits per heavy atom. The SMILES string of the molecule is CCN(CC)C(=O)CCSCC(O)CO. The first kappa shape index (κ1) is 14.7. The van der Waals surface area contributed by atoms with Gasteiger partial charge in [-0.2, -0.15) is 11.8 Å². The third-order valence-corrected chi connectivity index (χ3v) is 3.21. The van der Waals surface area contributed by atoms with Crippen LogP contribution in [0, 0.1) is 0 Å². The van der Waals surface area contributed by atoms with E-state index in [2.05, 4.69) is 0 Å². The quantitative estimate of drug-likeness (QED) is 0.595. The molecule has 1 amide bonds. The average molecular weight is 235 g/mol. The molecule has 0 saturated carbocycles. The van der Waals surface area contributed by atoms with Gasteiger partial charge >= 0.3 is 0 Å². The van der Waals surface area contributed by atoms with E-state index in [0.29, 0.717) is 17.9 Å². The van der Waals surface area contributed by atoms with Gasteiger partial charge in [0.1, 0.15) is 0 Å². The average Bonchev–Trinajstić information content (AvgIpc) is 2.25. The molecule has 2 N–H and O–H groups in total. The molecule has 0 bridgehead atoms. The molecule has 0 aliphatic rings. The van der Waals surface area contributed by atoms with Crippen LogP contribution in [0.15, 0.2) is 0 Å². The van der Waals surface area contributed by atoms with Crippen LogP contribution in [0.2, 0.25) is 0 Å². The van der Waals surface area contributed by atoms with Gasteiger partial charge in [-0.3, -0.25) is 4.79 Å².